The molecule has 174 valence electrons. The molecule has 1 heterocycles. The van der Waals surface area contributed by atoms with Crippen LogP contribution >= 0.6 is 11.6 Å². The van der Waals surface area contributed by atoms with Crippen molar-refractivity contribution in [3.05, 3.63) is 88.9 Å². The smallest absolute Gasteiger partial charge is 0.416 e. The van der Waals surface area contributed by atoms with Crippen LogP contribution in [0.5, 0.6) is 11.5 Å². The minimum absolute atomic E-state index is 0.0440. The van der Waals surface area contributed by atoms with Gasteiger partial charge < -0.3 is 10.1 Å². The van der Waals surface area contributed by atoms with E-state index in [1.165, 1.54) is 36.4 Å². The molecule has 2 N–H and O–H groups in total. The first-order valence-corrected chi connectivity index (χ1v) is 11.9. The van der Waals surface area contributed by atoms with E-state index >= 15 is 0 Å². The first-order valence-electron chi connectivity index (χ1n) is 10.0. The maximum absolute atomic E-state index is 13.1. The van der Waals surface area contributed by atoms with E-state index in [0.717, 1.165) is 17.7 Å². The summed E-state index contributed by atoms with van der Waals surface area (Å²) in [4.78, 5) is 0.0440. The number of sulfonamides is 1. The second-order valence-corrected chi connectivity index (χ2v) is 9.84. The predicted molar refractivity (Wildman–Crippen MR) is 119 cm³/mol. The SMILES string of the molecule is O=S(=O)(NC1(c2ccc(Cl)cc2)CCNC1)c1ccc(Oc2ccc(C(F)(F)F)cc2)cc1. The lowest BCUT2D eigenvalue weighted by molar-refractivity contribution is -0.137. The first-order chi connectivity index (χ1) is 15.6. The number of ether oxygens (including phenoxy) is 1. The second-order valence-electron chi connectivity index (χ2n) is 7.72. The van der Waals surface area contributed by atoms with Crippen LogP contribution in [0.2, 0.25) is 5.02 Å². The molecule has 1 atom stereocenters. The van der Waals surface area contributed by atoms with Crippen molar-refractivity contribution in [3.8, 4) is 11.5 Å². The summed E-state index contributed by atoms with van der Waals surface area (Å²) < 4.78 is 72.7. The Bertz CT molecular complexity index is 1210. The van der Waals surface area contributed by atoms with Gasteiger partial charge in [0, 0.05) is 11.6 Å². The Morgan fingerprint density at radius 2 is 1.48 bits per heavy atom. The maximum Gasteiger partial charge on any atom is 0.416 e. The van der Waals surface area contributed by atoms with Crippen molar-refractivity contribution in [3.63, 3.8) is 0 Å². The van der Waals surface area contributed by atoms with Crippen molar-refractivity contribution in [2.75, 3.05) is 13.1 Å². The Morgan fingerprint density at radius 3 is 2.00 bits per heavy atom. The van der Waals surface area contributed by atoms with Gasteiger partial charge in [-0.3, -0.25) is 0 Å². The minimum atomic E-state index is -4.43. The van der Waals surface area contributed by atoms with Gasteiger partial charge in [0.05, 0.1) is 16.0 Å². The lowest BCUT2D eigenvalue weighted by Crippen LogP contribution is -2.47. The van der Waals surface area contributed by atoms with E-state index in [2.05, 4.69) is 10.0 Å². The number of alkyl halides is 3. The molecule has 4 rings (SSSR count). The van der Waals surface area contributed by atoms with E-state index in [0.29, 0.717) is 30.3 Å². The van der Waals surface area contributed by atoms with Crippen molar-refractivity contribution >= 4 is 21.6 Å². The van der Waals surface area contributed by atoms with Crippen LogP contribution in [0.25, 0.3) is 0 Å². The summed E-state index contributed by atoms with van der Waals surface area (Å²) in [5.74, 6) is 0.499. The average molecular weight is 497 g/mol. The number of halogens is 4. The molecular weight excluding hydrogens is 477 g/mol. The van der Waals surface area contributed by atoms with Gasteiger partial charge >= 0.3 is 6.18 Å². The predicted octanol–water partition coefficient (Wildman–Crippen LogP) is 5.32. The van der Waals surface area contributed by atoms with E-state index in [1.54, 1.807) is 24.3 Å². The standard InChI is InChI=1S/C23H20ClF3N2O3S/c24-18-5-1-16(2-6-18)22(13-14-28-15-22)29-33(30,31)21-11-9-20(10-12-21)32-19-7-3-17(4-8-19)23(25,26)27/h1-12,28-29H,13-15H2. The van der Waals surface area contributed by atoms with E-state index in [-0.39, 0.29) is 10.6 Å². The molecule has 1 saturated heterocycles. The first kappa shape index (κ1) is 23.6. The van der Waals surface area contributed by atoms with Gasteiger partial charge in [-0.1, -0.05) is 23.7 Å². The zero-order chi connectivity index (χ0) is 23.7. The van der Waals surface area contributed by atoms with Crippen LogP contribution in [0, 0.1) is 0 Å². The molecular formula is C23H20ClF3N2O3S. The Balaban J connectivity index is 1.51. The fourth-order valence-electron chi connectivity index (χ4n) is 3.70. The molecule has 1 unspecified atom stereocenters. The van der Waals surface area contributed by atoms with Crippen molar-refractivity contribution in [2.45, 2.75) is 23.0 Å². The molecule has 5 nitrogen and oxygen atoms in total. The van der Waals surface area contributed by atoms with E-state index < -0.39 is 27.3 Å². The molecule has 33 heavy (non-hydrogen) atoms. The maximum atomic E-state index is 13.1. The van der Waals surface area contributed by atoms with Gasteiger partial charge in [-0.2, -0.15) is 17.9 Å². The lowest BCUT2D eigenvalue weighted by atomic mass is 9.90. The zero-order valence-corrected chi connectivity index (χ0v) is 18.8. The molecule has 0 spiro atoms. The summed E-state index contributed by atoms with van der Waals surface area (Å²) in [5, 5.41) is 3.76. The third-order valence-electron chi connectivity index (χ3n) is 5.43. The highest BCUT2D eigenvalue weighted by molar-refractivity contribution is 7.89. The summed E-state index contributed by atoms with van der Waals surface area (Å²) in [5.41, 5.74) is -0.778. The third-order valence-corrected chi connectivity index (χ3v) is 7.24. The fraction of sp³-hybridized carbons (Fsp3) is 0.217. The molecule has 1 fully saturated rings. The van der Waals surface area contributed by atoms with Crippen LogP contribution in [-0.4, -0.2) is 21.5 Å². The van der Waals surface area contributed by atoms with Gasteiger partial charge in [-0.15, -0.1) is 0 Å². The molecule has 3 aromatic carbocycles. The van der Waals surface area contributed by atoms with Crippen molar-refractivity contribution in [1.82, 2.24) is 10.0 Å². The van der Waals surface area contributed by atoms with Gasteiger partial charge in [-0.25, -0.2) is 8.42 Å². The summed E-state index contributed by atoms with van der Waals surface area (Å²) in [7, 11) is -3.88. The molecule has 0 bridgehead atoms. The minimum Gasteiger partial charge on any atom is -0.457 e. The van der Waals surface area contributed by atoms with E-state index in [9.17, 15) is 21.6 Å². The number of hydrogen-bond donors (Lipinski definition) is 2. The molecule has 0 aromatic heterocycles. The Labute approximate surface area is 194 Å². The van der Waals surface area contributed by atoms with Gasteiger partial charge in [0.25, 0.3) is 0 Å². The Hall–Kier alpha value is -2.59. The quantitative estimate of drug-likeness (QED) is 0.485. The number of nitrogens with one attached hydrogen (secondary N) is 2. The van der Waals surface area contributed by atoms with Crippen LogP contribution in [-0.2, 0) is 21.7 Å². The van der Waals surface area contributed by atoms with Crippen LogP contribution in [0.15, 0.2) is 77.7 Å². The molecule has 3 aromatic rings. The third kappa shape index (κ3) is 5.33. The lowest BCUT2D eigenvalue weighted by Gasteiger charge is -2.30. The molecule has 0 radical (unpaired) electrons. The van der Waals surface area contributed by atoms with Crippen LogP contribution < -0.4 is 14.8 Å². The van der Waals surface area contributed by atoms with Crippen LogP contribution in [0.4, 0.5) is 13.2 Å². The van der Waals surface area contributed by atoms with Gasteiger partial charge in [0.15, 0.2) is 0 Å². The van der Waals surface area contributed by atoms with E-state index in [1.807, 2.05) is 0 Å². The Kier molecular flexibility index (Phi) is 6.41. The van der Waals surface area contributed by atoms with Gasteiger partial charge in [0.2, 0.25) is 10.0 Å². The molecule has 0 aliphatic carbocycles. The summed E-state index contributed by atoms with van der Waals surface area (Å²) >= 11 is 5.98. The number of hydrogen-bond acceptors (Lipinski definition) is 4. The van der Waals surface area contributed by atoms with Crippen molar-refractivity contribution in [1.29, 1.82) is 0 Å². The molecule has 0 amide bonds. The molecule has 10 heteroatoms. The highest BCUT2D eigenvalue weighted by atomic mass is 35.5. The zero-order valence-electron chi connectivity index (χ0n) is 17.2. The normalized spacial score (nSPS) is 18.9. The highest BCUT2D eigenvalue weighted by Crippen LogP contribution is 2.33. The number of rotatable bonds is 6. The average Bonchev–Trinajstić information content (AvgIpc) is 3.23. The molecule has 0 saturated carbocycles. The summed E-state index contributed by atoms with van der Waals surface area (Å²) in [6.07, 6.45) is -3.86. The molecule has 1 aliphatic rings. The van der Waals surface area contributed by atoms with Crippen molar-refractivity contribution < 1.29 is 26.3 Å². The second kappa shape index (κ2) is 8.98. The largest absolute Gasteiger partial charge is 0.457 e. The fourth-order valence-corrected chi connectivity index (χ4v) is 5.25. The van der Waals surface area contributed by atoms with Crippen LogP contribution in [0.3, 0.4) is 0 Å². The molecule has 1 aliphatic heterocycles. The highest BCUT2D eigenvalue weighted by Gasteiger charge is 2.39. The monoisotopic (exact) mass is 496 g/mol. The Morgan fingerprint density at radius 1 is 0.909 bits per heavy atom. The van der Waals surface area contributed by atoms with Gasteiger partial charge in [0.1, 0.15) is 11.5 Å². The van der Waals surface area contributed by atoms with Crippen molar-refractivity contribution in [2.24, 2.45) is 0 Å². The summed E-state index contributed by atoms with van der Waals surface area (Å²) in [6.45, 7) is 1.09. The summed E-state index contributed by atoms with van der Waals surface area (Å²) in [6, 6.07) is 17.0. The van der Waals surface area contributed by atoms with Gasteiger partial charge in [-0.05, 0) is 79.2 Å². The van der Waals surface area contributed by atoms with E-state index in [4.69, 9.17) is 16.3 Å². The topological polar surface area (TPSA) is 67.4 Å². The van der Waals surface area contributed by atoms with Crippen LogP contribution in [0.1, 0.15) is 17.5 Å². The number of benzene rings is 3.